The highest BCUT2D eigenvalue weighted by Gasteiger charge is 2.13. The third-order valence-electron chi connectivity index (χ3n) is 2.84. The van der Waals surface area contributed by atoms with Gasteiger partial charge in [-0.3, -0.25) is 4.68 Å². The molecule has 6 nitrogen and oxygen atoms in total. The van der Waals surface area contributed by atoms with Crippen molar-refractivity contribution in [3.05, 3.63) is 35.9 Å². The Balaban J connectivity index is 2.14. The van der Waals surface area contributed by atoms with Gasteiger partial charge in [-0.25, -0.2) is 4.79 Å². The molecular weight excluding hydrogens is 232 g/mol. The van der Waals surface area contributed by atoms with E-state index in [9.17, 15) is 4.79 Å². The van der Waals surface area contributed by atoms with Crippen molar-refractivity contribution in [1.82, 2.24) is 14.3 Å². The highest BCUT2D eigenvalue weighted by atomic mass is 16.5. The molecule has 2 N–H and O–H groups in total. The summed E-state index contributed by atoms with van der Waals surface area (Å²) in [5, 5.41) is 4.10. The van der Waals surface area contributed by atoms with Crippen LogP contribution in [0.1, 0.15) is 16.2 Å². The summed E-state index contributed by atoms with van der Waals surface area (Å²) < 4.78 is 8.33. The quantitative estimate of drug-likeness (QED) is 0.813. The molecule has 0 radical (unpaired) electrons. The zero-order valence-corrected chi connectivity index (χ0v) is 10.5. The summed E-state index contributed by atoms with van der Waals surface area (Å²) in [6.07, 6.45) is 4.26. The Labute approximate surface area is 105 Å². The highest BCUT2D eigenvalue weighted by Crippen LogP contribution is 2.13. The smallest absolute Gasteiger partial charge is 0.354 e. The number of anilines is 1. The van der Waals surface area contributed by atoms with Gasteiger partial charge in [0.2, 0.25) is 0 Å². The summed E-state index contributed by atoms with van der Waals surface area (Å²) >= 11 is 0. The Morgan fingerprint density at radius 1 is 1.56 bits per heavy atom. The Kier molecular flexibility index (Phi) is 3.36. The molecule has 96 valence electrons. The third kappa shape index (κ3) is 2.37. The van der Waals surface area contributed by atoms with Gasteiger partial charge in [0, 0.05) is 38.1 Å². The van der Waals surface area contributed by atoms with Gasteiger partial charge in [0.05, 0.1) is 12.8 Å². The number of rotatable bonds is 4. The third-order valence-corrected chi connectivity index (χ3v) is 2.84. The van der Waals surface area contributed by atoms with Crippen LogP contribution in [0.25, 0.3) is 0 Å². The van der Waals surface area contributed by atoms with Crippen molar-refractivity contribution in [2.45, 2.75) is 13.0 Å². The van der Waals surface area contributed by atoms with Gasteiger partial charge in [-0.1, -0.05) is 0 Å². The van der Waals surface area contributed by atoms with Gasteiger partial charge >= 0.3 is 5.97 Å². The second kappa shape index (κ2) is 4.95. The molecule has 6 heteroatoms. The molecule has 0 unspecified atom stereocenters. The van der Waals surface area contributed by atoms with E-state index in [1.807, 2.05) is 17.8 Å². The van der Waals surface area contributed by atoms with E-state index in [1.54, 1.807) is 23.0 Å². The van der Waals surface area contributed by atoms with E-state index in [1.165, 1.54) is 7.11 Å². The Hall–Kier alpha value is -2.24. The molecule has 0 aliphatic rings. The number of esters is 1. The average molecular weight is 248 g/mol. The number of methoxy groups -OCH3 is 1. The molecule has 2 heterocycles. The molecular formula is C12H16N4O2. The summed E-state index contributed by atoms with van der Waals surface area (Å²) in [7, 11) is 3.25. The number of aromatic nitrogens is 3. The van der Waals surface area contributed by atoms with E-state index in [4.69, 9.17) is 10.5 Å². The van der Waals surface area contributed by atoms with Crippen LogP contribution in [0.15, 0.2) is 24.5 Å². The van der Waals surface area contributed by atoms with Crippen LogP contribution in [0.5, 0.6) is 0 Å². The molecule has 0 saturated heterocycles. The number of nitrogens with zero attached hydrogens (tertiary/aromatic N) is 3. The van der Waals surface area contributed by atoms with Crippen molar-refractivity contribution in [3.63, 3.8) is 0 Å². The average Bonchev–Trinajstić information content (AvgIpc) is 2.92. The minimum Gasteiger partial charge on any atom is -0.464 e. The first-order valence-electron chi connectivity index (χ1n) is 5.62. The summed E-state index contributed by atoms with van der Waals surface area (Å²) in [6.45, 7) is 0.654. The van der Waals surface area contributed by atoms with Gasteiger partial charge in [-0.2, -0.15) is 5.10 Å². The zero-order chi connectivity index (χ0) is 13.1. The predicted molar refractivity (Wildman–Crippen MR) is 67.1 cm³/mol. The number of carbonyl (C=O) groups is 1. The number of nitrogen functional groups attached to an aromatic ring is 1. The number of carbonyl (C=O) groups excluding carboxylic acids is 1. The van der Waals surface area contributed by atoms with Crippen LogP contribution in [0.2, 0.25) is 0 Å². The van der Waals surface area contributed by atoms with Crippen LogP contribution in [0.3, 0.4) is 0 Å². The van der Waals surface area contributed by atoms with E-state index in [0.717, 1.165) is 12.1 Å². The predicted octanol–water partition coefficient (Wildman–Crippen LogP) is 0.833. The number of aryl methyl sites for hydroxylation is 3. The molecule has 0 bridgehead atoms. The van der Waals surface area contributed by atoms with Crippen molar-refractivity contribution in [2.24, 2.45) is 7.05 Å². The Bertz CT molecular complexity index is 556. The van der Waals surface area contributed by atoms with E-state index < -0.39 is 0 Å². The van der Waals surface area contributed by atoms with Crippen molar-refractivity contribution < 1.29 is 9.53 Å². The van der Waals surface area contributed by atoms with Gasteiger partial charge in [-0.15, -0.1) is 0 Å². The summed E-state index contributed by atoms with van der Waals surface area (Å²) in [4.78, 5) is 11.6. The highest BCUT2D eigenvalue weighted by molar-refractivity contribution is 5.88. The molecule has 0 amide bonds. The monoisotopic (exact) mass is 248 g/mol. The molecule has 2 rings (SSSR count). The summed E-state index contributed by atoms with van der Waals surface area (Å²) in [5.41, 5.74) is 7.83. The normalized spacial score (nSPS) is 10.6. The van der Waals surface area contributed by atoms with E-state index in [0.29, 0.717) is 17.9 Å². The lowest BCUT2D eigenvalue weighted by Gasteiger charge is -2.07. The van der Waals surface area contributed by atoms with E-state index in [2.05, 4.69) is 5.10 Å². The van der Waals surface area contributed by atoms with Gasteiger partial charge in [0.15, 0.2) is 0 Å². The van der Waals surface area contributed by atoms with Crippen LogP contribution < -0.4 is 5.73 Å². The van der Waals surface area contributed by atoms with Crippen LogP contribution >= 0.6 is 0 Å². The van der Waals surface area contributed by atoms with E-state index >= 15 is 0 Å². The van der Waals surface area contributed by atoms with Crippen molar-refractivity contribution in [1.29, 1.82) is 0 Å². The molecule has 2 aromatic rings. The lowest BCUT2D eigenvalue weighted by atomic mass is 10.3. The molecule has 0 fully saturated rings. The summed E-state index contributed by atoms with van der Waals surface area (Å²) in [6, 6.07) is 3.57. The fourth-order valence-corrected chi connectivity index (χ4v) is 1.87. The molecule has 0 aromatic carbocycles. The van der Waals surface area contributed by atoms with Crippen LogP contribution in [0.4, 0.5) is 5.69 Å². The number of hydrogen-bond donors (Lipinski definition) is 1. The van der Waals surface area contributed by atoms with Crippen molar-refractivity contribution in [2.75, 3.05) is 12.8 Å². The molecule has 0 saturated carbocycles. The fourth-order valence-electron chi connectivity index (χ4n) is 1.87. The van der Waals surface area contributed by atoms with Gasteiger partial charge in [0.1, 0.15) is 5.69 Å². The first-order chi connectivity index (χ1) is 8.61. The standard InChI is InChI=1S/C12H16N4O2/c1-15-10(3-5-14-15)4-6-16-8-9(13)7-11(16)12(17)18-2/h3,5,7-8H,4,6,13H2,1-2H3. The second-order valence-electron chi connectivity index (χ2n) is 4.04. The van der Waals surface area contributed by atoms with Crippen LogP contribution in [-0.4, -0.2) is 27.4 Å². The molecule has 2 aromatic heterocycles. The SMILES string of the molecule is COC(=O)c1cc(N)cn1CCc1ccnn1C. The minimum absolute atomic E-state index is 0.378. The molecule has 0 aliphatic heterocycles. The van der Waals surface area contributed by atoms with Gasteiger partial charge in [0.25, 0.3) is 0 Å². The molecule has 0 spiro atoms. The maximum Gasteiger partial charge on any atom is 0.354 e. The molecule has 18 heavy (non-hydrogen) atoms. The first-order valence-corrected chi connectivity index (χ1v) is 5.62. The second-order valence-corrected chi connectivity index (χ2v) is 4.04. The van der Waals surface area contributed by atoms with Crippen LogP contribution in [-0.2, 0) is 24.8 Å². The Morgan fingerprint density at radius 3 is 2.94 bits per heavy atom. The van der Waals surface area contributed by atoms with Crippen molar-refractivity contribution in [3.8, 4) is 0 Å². The van der Waals surface area contributed by atoms with E-state index in [-0.39, 0.29) is 5.97 Å². The number of hydrogen-bond acceptors (Lipinski definition) is 4. The minimum atomic E-state index is -0.378. The maximum atomic E-state index is 11.6. The van der Waals surface area contributed by atoms with Gasteiger partial charge in [-0.05, 0) is 12.1 Å². The summed E-state index contributed by atoms with van der Waals surface area (Å²) in [5.74, 6) is -0.378. The largest absolute Gasteiger partial charge is 0.464 e. The number of ether oxygens (including phenoxy) is 1. The Morgan fingerprint density at radius 2 is 2.33 bits per heavy atom. The van der Waals surface area contributed by atoms with Crippen LogP contribution in [0, 0.1) is 0 Å². The van der Waals surface area contributed by atoms with Crippen molar-refractivity contribution >= 4 is 11.7 Å². The first kappa shape index (κ1) is 12.2. The topological polar surface area (TPSA) is 75.1 Å². The molecule has 0 atom stereocenters. The zero-order valence-electron chi connectivity index (χ0n) is 10.5. The lowest BCUT2D eigenvalue weighted by molar-refractivity contribution is 0.0588. The maximum absolute atomic E-state index is 11.6. The molecule has 0 aliphatic carbocycles. The van der Waals surface area contributed by atoms with Gasteiger partial charge < -0.3 is 15.0 Å². The number of nitrogens with two attached hydrogens (primary N) is 1. The lowest BCUT2D eigenvalue weighted by Crippen LogP contribution is -2.12. The fraction of sp³-hybridized carbons (Fsp3) is 0.333.